The molecule has 0 spiro atoms. The van der Waals surface area contributed by atoms with Crippen LogP contribution >= 0.6 is 23.5 Å². The Morgan fingerprint density at radius 3 is 2.31 bits per heavy atom. The van der Waals surface area contributed by atoms with Crippen LogP contribution in [0, 0.1) is 11.8 Å². The van der Waals surface area contributed by atoms with E-state index in [0.717, 1.165) is 36.9 Å². The maximum absolute atomic E-state index is 12.4. The molecule has 2 aromatic carbocycles. The molecule has 250 valence electrons. The number of nitrogens with two attached hydrogens (primary N) is 1. The minimum atomic E-state index is -3.79. The number of thioether (sulfide) groups is 2. The average molecular weight is 676 g/mol. The lowest BCUT2D eigenvalue weighted by Gasteiger charge is -2.27. The van der Waals surface area contributed by atoms with Crippen molar-refractivity contribution >= 4 is 39.5 Å². The second-order valence-corrected chi connectivity index (χ2v) is 14.1. The van der Waals surface area contributed by atoms with Crippen LogP contribution in [0.3, 0.4) is 0 Å². The highest BCUT2D eigenvalue weighted by Crippen LogP contribution is 2.30. The first-order valence-electron chi connectivity index (χ1n) is 15.5. The molecule has 1 aliphatic carbocycles. The lowest BCUT2D eigenvalue weighted by molar-refractivity contribution is -0.127. The van der Waals surface area contributed by atoms with E-state index in [1.807, 2.05) is 69.3 Å². The van der Waals surface area contributed by atoms with Crippen LogP contribution in [-0.2, 0) is 21.4 Å². The van der Waals surface area contributed by atoms with Gasteiger partial charge in [0, 0.05) is 29.8 Å². The smallest absolute Gasteiger partial charge is 0.238 e. The Morgan fingerprint density at radius 1 is 1.07 bits per heavy atom. The quantitative estimate of drug-likeness (QED) is 0.165. The summed E-state index contributed by atoms with van der Waals surface area (Å²) in [5, 5.41) is 20.3. The summed E-state index contributed by atoms with van der Waals surface area (Å²) in [4.78, 5) is 13.8. The number of carbonyl (C=O) groups excluding carboxylic acids is 1. The van der Waals surface area contributed by atoms with Gasteiger partial charge in [0.25, 0.3) is 0 Å². The summed E-state index contributed by atoms with van der Waals surface area (Å²) in [5.41, 5.74) is 2.32. The molecule has 2 aliphatic rings. The second-order valence-electron chi connectivity index (χ2n) is 10.4. The number of hydrogen-bond donors (Lipinski definition) is 4. The number of primary sulfonamides is 1. The summed E-state index contributed by atoms with van der Waals surface area (Å²) in [5.74, 6) is 0.682. The van der Waals surface area contributed by atoms with Crippen molar-refractivity contribution in [2.24, 2.45) is 17.0 Å². The van der Waals surface area contributed by atoms with E-state index in [-0.39, 0.29) is 23.5 Å². The predicted octanol–water partition coefficient (Wildman–Crippen LogP) is 7.11. The Morgan fingerprint density at radius 2 is 1.71 bits per heavy atom. The highest BCUT2D eigenvalue weighted by molar-refractivity contribution is 8.04. The van der Waals surface area contributed by atoms with Gasteiger partial charge in [-0.25, -0.2) is 13.6 Å². The van der Waals surface area contributed by atoms with Gasteiger partial charge in [-0.15, -0.1) is 11.8 Å². The zero-order valence-electron chi connectivity index (χ0n) is 27.7. The van der Waals surface area contributed by atoms with Gasteiger partial charge < -0.3 is 10.4 Å². The normalized spacial score (nSPS) is 19.1. The van der Waals surface area contributed by atoms with Gasteiger partial charge in [-0.1, -0.05) is 106 Å². The number of hydrogen-bond acceptors (Lipinski definition) is 7. The second kappa shape index (κ2) is 23.1. The van der Waals surface area contributed by atoms with E-state index in [2.05, 4.69) is 47.9 Å². The number of carbonyl (C=O) groups is 1. The first-order valence-corrected chi connectivity index (χ1v) is 19.6. The monoisotopic (exact) mass is 675 g/mol. The van der Waals surface area contributed by atoms with Crippen molar-refractivity contribution < 1.29 is 18.3 Å². The number of rotatable bonds is 9. The van der Waals surface area contributed by atoms with Crippen LogP contribution in [0.2, 0.25) is 0 Å². The Balaban J connectivity index is 0.000000470. The lowest BCUT2D eigenvalue weighted by atomic mass is 9.80. The van der Waals surface area contributed by atoms with E-state index in [1.165, 1.54) is 17.4 Å². The molecule has 45 heavy (non-hydrogen) atoms. The summed E-state index contributed by atoms with van der Waals surface area (Å²) in [6.45, 7) is 9.44. The number of allylic oxidation sites excluding steroid dienone is 3. The predicted molar refractivity (Wildman–Crippen MR) is 196 cm³/mol. The average Bonchev–Trinajstić information content (AvgIpc) is 3.05. The van der Waals surface area contributed by atoms with Gasteiger partial charge in [0.15, 0.2) is 0 Å². The maximum atomic E-state index is 12.4. The molecule has 0 bridgehead atoms. The minimum absolute atomic E-state index is 0.0376. The van der Waals surface area contributed by atoms with Crippen molar-refractivity contribution in [1.82, 2.24) is 10.6 Å². The zero-order valence-corrected chi connectivity index (χ0v) is 30.1. The molecule has 0 radical (unpaired) electrons. The van der Waals surface area contributed by atoms with Gasteiger partial charge in [0.1, 0.15) is 0 Å². The molecule has 4 rings (SSSR count). The molecule has 0 saturated heterocycles. The van der Waals surface area contributed by atoms with E-state index >= 15 is 0 Å². The summed E-state index contributed by atoms with van der Waals surface area (Å²) in [7, 11) is -3.79. The third kappa shape index (κ3) is 15.2. The summed E-state index contributed by atoms with van der Waals surface area (Å²) < 4.78 is 23.6. The van der Waals surface area contributed by atoms with Crippen LogP contribution in [0.5, 0.6) is 0 Å². The number of amides is 1. The molecule has 7 nitrogen and oxygen atoms in total. The zero-order chi connectivity index (χ0) is 33.7. The number of sulfonamides is 1. The van der Waals surface area contributed by atoms with Crippen molar-refractivity contribution in [3.63, 3.8) is 0 Å². The van der Waals surface area contributed by atoms with Crippen LogP contribution < -0.4 is 15.8 Å². The molecule has 1 heterocycles. The molecule has 1 amide bonds. The number of aliphatic hydroxyl groups is 1. The summed E-state index contributed by atoms with van der Waals surface area (Å²) in [6, 6.07) is 14.2. The number of benzene rings is 2. The van der Waals surface area contributed by atoms with E-state index in [1.54, 1.807) is 30.0 Å². The van der Waals surface area contributed by atoms with Gasteiger partial charge >= 0.3 is 0 Å². The molecule has 10 heteroatoms. The lowest BCUT2D eigenvalue weighted by Crippen LogP contribution is -2.35. The first kappa shape index (κ1) is 40.7. The van der Waals surface area contributed by atoms with E-state index in [0.29, 0.717) is 23.3 Å². The third-order valence-corrected chi connectivity index (χ3v) is 9.18. The van der Waals surface area contributed by atoms with E-state index in [9.17, 15) is 13.2 Å². The van der Waals surface area contributed by atoms with Crippen LogP contribution in [0.25, 0.3) is 11.1 Å². The number of aliphatic hydroxyl groups excluding tert-OH is 1. The molecule has 0 aromatic heterocycles. The molecule has 3 atom stereocenters. The topological polar surface area (TPSA) is 122 Å². The first-order chi connectivity index (χ1) is 21.6. The molecular formula is C35H53N3O4S3. The standard InChI is InChI=1S/C21H26N2O3S.C10H15NOS.C2H6S.C2H6/c1-15-6-2-3-7-18(15)21(24)23-14-16-10-12-17(13-11-16)19-8-4-5-9-20(19)27(22,25)26;1-2-4-9-5-3-6-10(13-9)7-11-8-12;1-3-2;1-2/h4-5,8-13,15,18H,2-3,6-7,14H2,1H3,(H,23,24)(H2,22,25,26);2-6,9,11-12H,7-8H2,1H3;1-2H3;1-2H3/b;4-2+;;/t15-,18?;;;/m1.../s1. The molecule has 1 aliphatic heterocycles. The molecule has 1 saturated carbocycles. The fourth-order valence-electron chi connectivity index (χ4n) is 4.88. The minimum Gasteiger partial charge on any atom is -0.381 e. The highest BCUT2D eigenvalue weighted by Gasteiger charge is 2.27. The highest BCUT2D eigenvalue weighted by atomic mass is 32.2. The maximum Gasteiger partial charge on any atom is 0.238 e. The van der Waals surface area contributed by atoms with E-state index in [4.69, 9.17) is 10.2 Å². The number of nitrogens with one attached hydrogen (secondary N) is 2. The Labute approximate surface area is 280 Å². The van der Waals surface area contributed by atoms with E-state index < -0.39 is 10.0 Å². The largest absolute Gasteiger partial charge is 0.381 e. The molecule has 1 fully saturated rings. The van der Waals surface area contributed by atoms with Crippen molar-refractivity contribution in [2.45, 2.75) is 70.1 Å². The van der Waals surface area contributed by atoms with Crippen LogP contribution in [0.15, 0.2) is 88.7 Å². The Hall–Kier alpha value is -2.34. The van der Waals surface area contributed by atoms with Crippen LogP contribution in [0.4, 0.5) is 0 Å². The van der Waals surface area contributed by atoms with Crippen molar-refractivity contribution in [3.05, 3.63) is 89.4 Å². The molecule has 2 aromatic rings. The van der Waals surface area contributed by atoms with Crippen LogP contribution in [0.1, 0.15) is 58.9 Å². The third-order valence-electron chi connectivity index (χ3n) is 7.04. The molecular weight excluding hydrogens is 623 g/mol. The Kier molecular flexibility index (Phi) is 20.8. The fourth-order valence-corrected chi connectivity index (χ4v) is 6.74. The Bertz CT molecular complexity index is 1330. The van der Waals surface area contributed by atoms with Gasteiger partial charge in [-0.3, -0.25) is 10.1 Å². The summed E-state index contributed by atoms with van der Waals surface area (Å²) >= 11 is 3.56. The van der Waals surface area contributed by atoms with Crippen molar-refractivity contribution in [1.29, 1.82) is 0 Å². The van der Waals surface area contributed by atoms with Crippen molar-refractivity contribution in [2.75, 3.05) is 25.8 Å². The SMILES string of the molecule is C/C=C/C1C=CC=C(CNCO)S1.CC.CSC.C[C@@H]1CCCCC1C(=O)NCc1ccc(-c2ccccc2S(N)(=O)=O)cc1. The van der Waals surface area contributed by atoms with Crippen molar-refractivity contribution in [3.8, 4) is 11.1 Å². The van der Waals surface area contributed by atoms with Crippen LogP contribution in [-0.4, -0.2) is 50.5 Å². The molecule has 5 N–H and O–H groups in total. The van der Waals surface area contributed by atoms with Gasteiger partial charge in [0.05, 0.1) is 11.6 Å². The van der Waals surface area contributed by atoms with Gasteiger partial charge in [-0.05, 0) is 60.3 Å². The molecule has 2 unspecified atom stereocenters. The summed E-state index contributed by atoms with van der Waals surface area (Å²) in [6.07, 6.45) is 19.0. The van der Waals surface area contributed by atoms with Gasteiger partial charge in [-0.2, -0.15) is 11.8 Å². The van der Waals surface area contributed by atoms with Gasteiger partial charge in [0.2, 0.25) is 15.9 Å². The fraction of sp³-hybridized carbons (Fsp3) is 0.457.